The molecule has 0 aliphatic rings. The minimum Gasteiger partial charge on any atom is -0.550 e. The molecule has 0 unspecified atom stereocenters. The lowest BCUT2D eigenvalue weighted by Gasteiger charge is -2.23. The van der Waals surface area contributed by atoms with Gasteiger partial charge in [0.1, 0.15) is 28.7 Å². The van der Waals surface area contributed by atoms with Crippen molar-refractivity contribution in [2.45, 2.75) is 13.5 Å². The van der Waals surface area contributed by atoms with Gasteiger partial charge in [0.2, 0.25) is 0 Å². The molecule has 0 saturated carbocycles. The number of nitrogens with zero attached hydrogens (tertiary/aromatic N) is 3. The van der Waals surface area contributed by atoms with Crippen LogP contribution >= 0.6 is 0 Å². The van der Waals surface area contributed by atoms with Gasteiger partial charge < -0.3 is 20.0 Å². The lowest BCUT2D eigenvalue weighted by Crippen LogP contribution is -2.34. The molecular formula is C29H29FN4O4. The monoisotopic (exact) mass is 516 g/mol. The second-order valence-corrected chi connectivity index (χ2v) is 9.20. The van der Waals surface area contributed by atoms with Gasteiger partial charge in [0.15, 0.2) is 5.82 Å². The topological polar surface area (TPSA) is 104 Å². The lowest BCUT2D eigenvalue weighted by atomic mass is 10.2. The fraction of sp³-hybridized carbons (Fsp3) is 0.172. The number of ether oxygens (including phenoxy) is 1. The zero-order valence-electron chi connectivity index (χ0n) is 21.6. The van der Waals surface area contributed by atoms with E-state index in [1.165, 1.54) is 17.8 Å². The van der Waals surface area contributed by atoms with E-state index < -0.39 is 5.97 Å². The van der Waals surface area contributed by atoms with Gasteiger partial charge >= 0.3 is 0 Å². The second kappa shape index (κ2) is 12.6. The van der Waals surface area contributed by atoms with Gasteiger partial charge in [-0.2, -0.15) is 0 Å². The Morgan fingerprint density at radius 1 is 0.895 bits per heavy atom. The van der Waals surface area contributed by atoms with Crippen molar-refractivity contribution in [3.63, 3.8) is 0 Å². The van der Waals surface area contributed by atoms with E-state index in [1.807, 2.05) is 24.3 Å². The van der Waals surface area contributed by atoms with Crippen molar-refractivity contribution < 1.29 is 23.8 Å². The molecule has 0 aliphatic carbocycles. The normalized spacial score (nSPS) is 10.7. The van der Waals surface area contributed by atoms with Gasteiger partial charge in [-0.25, -0.2) is 14.4 Å². The van der Waals surface area contributed by atoms with E-state index in [1.54, 1.807) is 36.5 Å². The van der Waals surface area contributed by atoms with Crippen LogP contribution in [0.1, 0.15) is 23.0 Å². The Morgan fingerprint density at radius 3 is 2.00 bits per heavy atom. The van der Waals surface area contributed by atoms with Crippen LogP contribution in [0.5, 0.6) is 11.5 Å². The molecule has 0 spiro atoms. The first-order valence-electron chi connectivity index (χ1n) is 11.7. The number of halogens is 1. The number of amides is 1. The summed E-state index contributed by atoms with van der Waals surface area (Å²) in [5.41, 5.74) is 3.23. The molecule has 0 radical (unpaired) electrons. The molecule has 0 bridgehead atoms. The molecule has 196 valence electrons. The molecule has 38 heavy (non-hydrogen) atoms. The maximum atomic E-state index is 13.0. The van der Waals surface area contributed by atoms with Gasteiger partial charge in [-0.3, -0.25) is 9.28 Å². The average Bonchev–Trinajstić information content (AvgIpc) is 2.88. The van der Waals surface area contributed by atoms with E-state index in [4.69, 9.17) is 14.6 Å². The van der Waals surface area contributed by atoms with Crippen LogP contribution < -0.4 is 19.6 Å². The van der Waals surface area contributed by atoms with E-state index >= 15 is 0 Å². The number of hydrogen-bond acceptors (Lipinski definition) is 6. The second-order valence-electron chi connectivity index (χ2n) is 9.20. The van der Waals surface area contributed by atoms with Gasteiger partial charge in [0.25, 0.3) is 5.91 Å². The lowest BCUT2D eigenvalue weighted by molar-refractivity contribution is -0.302. The fourth-order valence-electron chi connectivity index (χ4n) is 3.27. The third-order valence-corrected chi connectivity index (χ3v) is 5.21. The Kier molecular flexibility index (Phi) is 9.23. The third kappa shape index (κ3) is 8.49. The maximum Gasteiger partial charge on any atom is 0.270 e. The van der Waals surface area contributed by atoms with Crippen molar-refractivity contribution in [3.05, 3.63) is 102 Å². The Bertz CT molecular complexity index is 1360. The molecule has 0 atom stereocenters. The molecule has 4 rings (SSSR count). The molecule has 3 aromatic carbocycles. The van der Waals surface area contributed by atoms with E-state index in [2.05, 4.69) is 48.6 Å². The number of rotatable bonds is 7. The Morgan fingerprint density at radius 2 is 1.45 bits per heavy atom. The highest BCUT2D eigenvalue weighted by atomic mass is 19.1. The smallest absolute Gasteiger partial charge is 0.270 e. The quantitative estimate of drug-likeness (QED) is 0.373. The molecule has 1 heterocycles. The van der Waals surface area contributed by atoms with Gasteiger partial charge in [-0.15, -0.1) is 0 Å². The highest BCUT2D eigenvalue weighted by Gasteiger charge is 2.13. The Balaban J connectivity index is 0.000000934. The maximum absolute atomic E-state index is 13.0. The summed E-state index contributed by atoms with van der Waals surface area (Å²) in [7, 11) is 6.32. The van der Waals surface area contributed by atoms with Crippen LogP contribution in [0.4, 0.5) is 10.1 Å². The fourth-order valence-corrected chi connectivity index (χ4v) is 3.27. The van der Waals surface area contributed by atoms with Crippen LogP contribution in [-0.4, -0.2) is 43.0 Å². The van der Waals surface area contributed by atoms with Crippen molar-refractivity contribution in [2.75, 3.05) is 21.1 Å². The van der Waals surface area contributed by atoms with Crippen molar-refractivity contribution in [1.82, 2.24) is 19.8 Å². The summed E-state index contributed by atoms with van der Waals surface area (Å²) < 4.78 is 19.5. The number of carboxylic acids is 1. The average molecular weight is 517 g/mol. The minimum absolute atomic E-state index is 0.268. The molecule has 1 aromatic heterocycles. The standard InChI is InChI=1S/C27H25FN4O2.C2H4O2/c1-32(2,3)22-10-4-19(5-11-22)18-30-27(33)25-16-17-29-26(31-25)20-6-12-23(13-7-20)34-24-14-8-21(28)9-15-24;1-2(3)4/h4-17H,18H2,1-3H3;1H3,(H,3,4). The summed E-state index contributed by atoms with van der Waals surface area (Å²) in [6.45, 7) is 1.38. The number of aromatic nitrogens is 2. The first-order chi connectivity index (χ1) is 18.0. The number of aliphatic carboxylic acids is 1. The molecule has 1 N–H and O–H groups in total. The summed E-state index contributed by atoms with van der Waals surface area (Å²) in [6, 6.07) is 22.7. The van der Waals surface area contributed by atoms with Gasteiger partial charge in [-0.05, 0) is 79.2 Å². The minimum atomic E-state index is -1.08. The summed E-state index contributed by atoms with van der Waals surface area (Å²) in [5.74, 6) is -0.0953. The molecule has 9 heteroatoms. The first kappa shape index (κ1) is 27.9. The third-order valence-electron chi connectivity index (χ3n) is 5.21. The van der Waals surface area contributed by atoms with Crippen molar-refractivity contribution in [1.29, 1.82) is 0 Å². The highest BCUT2D eigenvalue weighted by molar-refractivity contribution is 5.92. The largest absolute Gasteiger partial charge is 0.550 e. The zero-order chi connectivity index (χ0) is 27.7. The van der Waals surface area contributed by atoms with Gasteiger partial charge in [-0.1, -0.05) is 12.1 Å². The molecule has 0 aliphatic heterocycles. The van der Waals surface area contributed by atoms with E-state index in [0.717, 1.165) is 22.5 Å². The molecule has 1 amide bonds. The predicted octanol–water partition coefficient (Wildman–Crippen LogP) is 3.96. The van der Waals surface area contributed by atoms with Crippen molar-refractivity contribution in [3.8, 4) is 22.9 Å². The van der Waals surface area contributed by atoms with Crippen molar-refractivity contribution >= 4 is 17.6 Å². The number of benzene rings is 3. The molecular weight excluding hydrogens is 487 g/mol. The molecule has 0 saturated heterocycles. The summed E-state index contributed by atoms with van der Waals surface area (Å²) in [4.78, 5) is 30.3. The first-order valence-corrected chi connectivity index (χ1v) is 11.7. The molecule has 4 aromatic rings. The summed E-state index contributed by atoms with van der Waals surface area (Å²) >= 11 is 0. The number of carboxylic acid groups (broad SMARTS) is 1. The SMILES string of the molecule is CC(=O)[O-].C[N+](C)(C)c1ccc(CNC(=O)c2ccnc(-c3ccc(Oc4ccc(F)cc4)cc3)n2)cc1. The van der Waals surface area contributed by atoms with E-state index in [9.17, 15) is 9.18 Å². The summed E-state index contributed by atoms with van der Waals surface area (Å²) in [6.07, 6.45) is 1.57. The van der Waals surface area contributed by atoms with Crippen LogP contribution in [0.2, 0.25) is 0 Å². The number of carbonyl (C=O) groups excluding carboxylic acids is 2. The van der Waals surface area contributed by atoms with Gasteiger partial charge in [0.05, 0.1) is 21.1 Å². The van der Waals surface area contributed by atoms with Crippen LogP contribution in [0.25, 0.3) is 11.4 Å². The number of quaternary nitrogens is 1. The predicted molar refractivity (Wildman–Crippen MR) is 142 cm³/mol. The highest BCUT2D eigenvalue weighted by Crippen LogP contribution is 2.24. The number of carbonyl (C=O) groups is 2. The Hall–Kier alpha value is -4.63. The van der Waals surface area contributed by atoms with Crippen LogP contribution in [0.3, 0.4) is 0 Å². The van der Waals surface area contributed by atoms with Crippen molar-refractivity contribution in [2.24, 2.45) is 0 Å². The van der Waals surface area contributed by atoms with E-state index in [0.29, 0.717) is 29.6 Å². The van der Waals surface area contributed by atoms with Crippen LogP contribution in [0, 0.1) is 5.82 Å². The van der Waals surface area contributed by atoms with Crippen LogP contribution in [-0.2, 0) is 11.3 Å². The molecule has 8 nitrogen and oxygen atoms in total. The Labute approximate surface area is 221 Å². The zero-order valence-corrected chi connectivity index (χ0v) is 21.6. The van der Waals surface area contributed by atoms with Crippen LogP contribution in [0.15, 0.2) is 85.1 Å². The van der Waals surface area contributed by atoms with E-state index in [-0.39, 0.29) is 11.7 Å². The van der Waals surface area contributed by atoms with Gasteiger partial charge in [0, 0.05) is 24.3 Å². The summed E-state index contributed by atoms with van der Waals surface area (Å²) in [5, 5.41) is 11.8. The number of hydrogen-bond donors (Lipinski definition) is 1. The molecule has 0 fully saturated rings. The number of nitrogens with one attached hydrogen (secondary N) is 1.